The van der Waals surface area contributed by atoms with Crippen LogP contribution in [-0.2, 0) is 42.9 Å². The van der Waals surface area contributed by atoms with Gasteiger partial charge in [0, 0.05) is 23.0 Å². The number of hydrogen-bond acceptors (Lipinski definition) is 13. The second-order valence-corrected chi connectivity index (χ2v) is 12.4. The molecule has 0 fully saturated rings. The normalized spacial score (nSPS) is 17.2. The molecule has 0 aliphatic carbocycles. The Balaban J connectivity index is 5.86. The molecule has 0 rings (SSSR count). The molecule has 0 heterocycles. The number of carbonyl (C=O) groups excluding carboxylic acids is 4. The summed E-state index contributed by atoms with van der Waals surface area (Å²) in [5.41, 5.74) is -1.68. The minimum atomic E-state index is -0.841. The highest BCUT2D eigenvalue weighted by molar-refractivity contribution is 7.80. The van der Waals surface area contributed by atoms with E-state index >= 15 is 0 Å². The van der Waals surface area contributed by atoms with Gasteiger partial charge in [0.2, 0.25) is 0 Å². The fourth-order valence-corrected chi connectivity index (χ4v) is 3.71. The van der Waals surface area contributed by atoms with Crippen LogP contribution >= 0.6 is 50.5 Å². The lowest BCUT2D eigenvalue weighted by molar-refractivity contribution is -0.167. The van der Waals surface area contributed by atoms with Crippen LogP contribution in [0.4, 0.5) is 0 Å². The predicted molar refractivity (Wildman–Crippen MR) is 172 cm³/mol. The van der Waals surface area contributed by atoms with Crippen LogP contribution in [0, 0.1) is 34.5 Å². The molecular formula is C28H50O9S4. The molecule has 9 nitrogen and oxygen atoms in total. The van der Waals surface area contributed by atoms with Gasteiger partial charge in [-0.25, -0.2) is 0 Å². The molecule has 0 aliphatic rings. The Bertz CT molecular complexity index is 695. The third kappa shape index (κ3) is 14.5. The quantitative estimate of drug-likeness (QED) is 0.0771. The maximum Gasteiger partial charge on any atom is 0.309 e. The fourth-order valence-electron chi connectivity index (χ4n) is 3.11. The van der Waals surface area contributed by atoms with E-state index in [4.69, 9.17) is 23.7 Å². The van der Waals surface area contributed by atoms with E-state index in [-0.39, 0.29) is 39.6 Å². The van der Waals surface area contributed by atoms with Crippen LogP contribution in [0.25, 0.3) is 0 Å². The number of hydrogen-bond donors (Lipinski definition) is 4. The molecule has 0 aliphatic heterocycles. The molecule has 0 spiro atoms. The molecule has 4 atom stereocenters. The van der Waals surface area contributed by atoms with Crippen molar-refractivity contribution >= 4 is 74.4 Å². The van der Waals surface area contributed by atoms with Crippen molar-refractivity contribution in [2.45, 2.75) is 54.4 Å². The summed E-state index contributed by atoms with van der Waals surface area (Å²) in [6.07, 6.45) is 0.945. The average molecular weight is 659 g/mol. The molecular weight excluding hydrogens is 609 g/mol. The molecule has 0 aromatic heterocycles. The van der Waals surface area contributed by atoms with Gasteiger partial charge in [0.15, 0.2) is 0 Å². The maximum atomic E-state index is 12.4. The average Bonchev–Trinajstić information content (AvgIpc) is 3.00. The van der Waals surface area contributed by atoms with Gasteiger partial charge in [-0.05, 0) is 12.8 Å². The van der Waals surface area contributed by atoms with Crippen LogP contribution in [0.2, 0.25) is 0 Å². The van der Waals surface area contributed by atoms with Crippen LogP contribution in [0.15, 0.2) is 0 Å². The highest BCUT2D eigenvalue weighted by atomic mass is 32.1. The van der Waals surface area contributed by atoms with Gasteiger partial charge in [-0.15, -0.1) is 0 Å². The zero-order chi connectivity index (χ0) is 31.6. The molecule has 4 unspecified atom stereocenters. The minimum Gasteiger partial charge on any atom is -0.465 e. The first-order valence-electron chi connectivity index (χ1n) is 14.0. The first kappa shape index (κ1) is 40.2. The summed E-state index contributed by atoms with van der Waals surface area (Å²) in [6, 6.07) is 0. The molecule has 0 bridgehead atoms. The molecule has 240 valence electrons. The second-order valence-electron chi connectivity index (χ2n) is 11.0. The minimum absolute atomic E-state index is 0.0367. The molecule has 13 heteroatoms. The zero-order valence-electron chi connectivity index (χ0n) is 25.3. The Morgan fingerprint density at radius 3 is 0.878 bits per heavy atom. The van der Waals surface area contributed by atoms with Gasteiger partial charge < -0.3 is 23.7 Å². The van der Waals surface area contributed by atoms with Gasteiger partial charge in [0.25, 0.3) is 0 Å². The molecule has 0 aromatic rings. The van der Waals surface area contributed by atoms with Gasteiger partial charge in [0.1, 0.15) is 26.4 Å². The smallest absolute Gasteiger partial charge is 0.309 e. The van der Waals surface area contributed by atoms with Crippen LogP contribution in [0.5, 0.6) is 0 Å². The van der Waals surface area contributed by atoms with Crippen molar-refractivity contribution in [3.05, 3.63) is 0 Å². The third-order valence-corrected chi connectivity index (χ3v) is 9.29. The van der Waals surface area contributed by atoms with Crippen molar-refractivity contribution in [3.8, 4) is 0 Å². The van der Waals surface area contributed by atoms with Gasteiger partial charge in [-0.1, -0.05) is 41.5 Å². The van der Waals surface area contributed by atoms with Gasteiger partial charge in [-0.3, -0.25) is 19.2 Å². The van der Waals surface area contributed by atoms with Gasteiger partial charge in [-0.2, -0.15) is 50.5 Å². The van der Waals surface area contributed by atoms with E-state index in [9.17, 15) is 19.2 Å². The standard InChI is InChI=1S/C28H50O9S4/c1-7-27(15-34-23(29)19(3)9-38,16-35-24(30)20(4)10-39)13-33-14-28(8-2,17-36-25(31)21(5)11-40)18-37-26(32)22(6)12-41/h19-22,38-41H,7-18H2,1-6H3. The third-order valence-electron chi connectivity index (χ3n) is 7.10. The van der Waals surface area contributed by atoms with E-state index in [0.717, 1.165) is 0 Å². The van der Waals surface area contributed by atoms with E-state index in [1.807, 2.05) is 13.8 Å². The van der Waals surface area contributed by atoms with Crippen molar-refractivity contribution in [2.75, 3.05) is 62.7 Å². The molecule has 0 saturated heterocycles. The summed E-state index contributed by atoms with van der Waals surface area (Å²) >= 11 is 16.7. The Morgan fingerprint density at radius 1 is 0.488 bits per heavy atom. The van der Waals surface area contributed by atoms with E-state index in [0.29, 0.717) is 35.9 Å². The van der Waals surface area contributed by atoms with E-state index < -0.39 is 58.4 Å². The zero-order valence-corrected chi connectivity index (χ0v) is 28.8. The summed E-state index contributed by atoms with van der Waals surface area (Å²) in [6.45, 7) is 10.6. The largest absolute Gasteiger partial charge is 0.465 e. The molecule has 0 saturated carbocycles. The number of rotatable bonds is 22. The molecule has 41 heavy (non-hydrogen) atoms. The predicted octanol–water partition coefficient (Wildman–Crippen LogP) is 4.23. The van der Waals surface area contributed by atoms with Crippen LogP contribution in [0.1, 0.15) is 54.4 Å². The van der Waals surface area contributed by atoms with Crippen molar-refractivity contribution in [1.82, 2.24) is 0 Å². The Kier molecular flexibility index (Phi) is 20.6. The molecule has 0 radical (unpaired) electrons. The number of carbonyl (C=O) groups is 4. The first-order chi connectivity index (χ1) is 19.3. The molecule has 0 N–H and O–H groups in total. The van der Waals surface area contributed by atoms with E-state index in [1.165, 1.54) is 0 Å². The topological polar surface area (TPSA) is 114 Å². The number of thiol groups is 4. The lowest BCUT2D eigenvalue weighted by Crippen LogP contribution is -2.43. The SMILES string of the molecule is CCC(COCC(CC)(COC(=O)C(C)CS)COC(=O)C(C)CS)(COC(=O)C(C)CS)COC(=O)C(C)CS. The van der Waals surface area contributed by atoms with E-state index in [2.05, 4.69) is 50.5 Å². The fraction of sp³-hybridized carbons (Fsp3) is 0.857. The van der Waals surface area contributed by atoms with Crippen molar-refractivity contribution in [1.29, 1.82) is 0 Å². The van der Waals surface area contributed by atoms with Crippen LogP contribution in [-0.4, -0.2) is 86.5 Å². The number of ether oxygens (including phenoxy) is 5. The molecule has 0 aromatic carbocycles. The summed E-state index contributed by atoms with van der Waals surface area (Å²) in [5, 5.41) is 0. The monoisotopic (exact) mass is 658 g/mol. The van der Waals surface area contributed by atoms with Crippen molar-refractivity contribution < 1.29 is 42.9 Å². The van der Waals surface area contributed by atoms with Gasteiger partial charge in [0.05, 0.1) is 47.7 Å². The lowest BCUT2D eigenvalue weighted by atomic mass is 9.86. The Morgan fingerprint density at radius 2 is 0.707 bits per heavy atom. The van der Waals surface area contributed by atoms with Crippen molar-refractivity contribution in [3.63, 3.8) is 0 Å². The lowest BCUT2D eigenvalue weighted by Gasteiger charge is -2.36. The van der Waals surface area contributed by atoms with Gasteiger partial charge >= 0.3 is 23.9 Å². The second kappa shape index (κ2) is 21.0. The highest BCUT2D eigenvalue weighted by Crippen LogP contribution is 2.30. The summed E-state index contributed by atoms with van der Waals surface area (Å²) in [7, 11) is 0. The first-order valence-corrected chi connectivity index (χ1v) is 16.5. The van der Waals surface area contributed by atoms with Crippen LogP contribution < -0.4 is 0 Å². The summed E-state index contributed by atoms with van der Waals surface area (Å²) in [5.74, 6) is -1.94. The Labute approximate surface area is 267 Å². The van der Waals surface area contributed by atoms with Crippen LogP contribution in [0.3, 0.4) is 0 Å². The summed E-state index contributed by atoms with van der Waals surface area (Å²) < 4.78 is 28.5. The van der Waals surface area contributed by atoms with Crippen molar-refractivity contribution in [2.24, 2.45) is 34.5 Å². The number of esters is 4. The maximum absolute atomic E-state index is 12.4. The molecule has 0 amide bonds. The van der Waals surface area contributed by atoms with E-state index in [1.54, 1.807) is 27.7 Å². The summed E-state index contributed by atoms with van der Waals surface area (Å²) in [4.78, 5) is 49.7. The highest BCUT2D eigenvalue weighted by Gasteiger charge is 2.38. The Hall–Kier alpha value is -0.760.